The molecule has 0 aliphatic heterocycles. The van der Waals surface area contributed by atoms with Gasteiger partial charge < -0.3 is 5.32 Å². The third kappa shape index (κ3) is 4.20. The Morgan fingerprint density at radius 2 is 1.93 bits per heavy atom. The number of hydrogen-bond acceptors (Lipinski definition) is 2. The summed E-state index contributed by atoms with van der Waals surface area (Å²) in [6.07, 6.45) is 6.12. The highest BCUT2D eigenvalue weighted by molar-refractivity contribution is 5.95. The van der Waals surface area contributed by atoms with Crippen molar-refractivity contribution in [1.29, 1.82) is 0 Å². The summed E-state index contributed by atoms with van der Waals surface area (Å²) < 4.78 is 54.5. The van der Waals surface area contributed by atoms with E-state index in [1.54, 1.807) is 19.1 Å². The molecule has 2 saturated carbocycles. The molecular weight excluding hydrogens is 374 g/mol. The largest absolute Gasteiger partial charge is 0.310 e. The Bertz CT molecular complexity index is 846. The maximum atomic E-state index is 13.3. The minimum Gasteiger partial charge on any atom is -0.310 e. The number of hydrogen-bond donors (Lipinski definition) is 1. The first-order chi connectivity index (χ1) is 13.0. The fraction of sp³-hybridized carbons (Fsp3) is 0.500. The number of allylic oxidation sites excluding steroid dienone is 5. The van der Waals surface area contributed by atoms with Gasteiger partial charge in [0.05, 0.1) is 12.2 Å². The number of carbonyl (C=O) groups is 1. The van der Waals surface area contributed by atoms with Crippen LogP contribution in [0.2, 0.25) is 0 Å². The quantitative estimate of drug-likeness (QED) is 0.521. The lowest BCUT2D eigenvalue weighted by Gasteiger charge is -2.34. The maximum Gasteiger partial charge on any atom is 0.260 e. The lowest BCUT2D eigenvalue weighted by molar-refractivity contribution is -0.119. The summed E-state index contributed by atoms with van der Waals surface area (Å²) >= 11 is 0. The van der Waals surface area contributed by atoms with Crippen molar-refractivity contribution in [2.75, 3.05) is 5.32 Å². The predicted molar refractivity (Wildman–Crippen MR) is 98.7 cm³/mol. The van der Waals surface area contributed by atoms with Gasteiger partial charge in [0.25, 0.3) is 5.92 Å². The van der Waals surface area contributed by atoms with Gasteiger partial charge in [0, 0.05) is 30.7 Å². The zero-order valence-corrected chi connectivity index (χ0v) is 15.8. The number of halogens is 4. The van der Waals surface area contributed by atoms with E-state index in [-0.39, 0.29) is 25.2 Å². The summed E-state index contributed by atoms with van der Waals surface area (Å²) in [4.78, 5) is 12.2. The highest BCUT2D eigenvalue weighted by Gasteiger charge is 2.61. The molecule has 0 unspecified atom stereocenters. The van der Waals surface area contributed by atoms with E-state index in [4.69, 9.17) is 0 Å². The van der Waals surface area contributed by atoms with Crippen LogP contribution in [0.3, 0.4) is 0 Å². The molecule has 8 heteroatoms. The van der Waals surface area contributed by atoms with Gasteiger partial charge in [0.1, 0.15) is 11.7 Å². The molecule has 0 saturated heterocycles. The summed E-state index contributed by atoms with van der Waals surface area (Å²) in [6, 6.07) is 0. The fourth-order valence-electron chi connectivity index (χ4n) is 3.33. The summed E-state index contributed by atoms with van der Waals surface area (Å²) in [7, 11) is 0. The molecule has 28 heavy (non-hydrogen) atoms. The second-order valence-corrected chi connectivity index (χ2v) is 7.53. The number of alkyl halides is 4. The van der Waals surface area contributed by atoms with Crippen molar-refractivity contribution in [2.45, 2.75) is 57.4 Å². The maximum absolute atomic E-state index is 13.3. The van der Waals surface area contributed by atoms with Crippen molar-refractivity contribution in [3.05, 3.63) is 47.7 Å². The molecule has 3 rings (SSSR count). The highest BCUT2D eigenvalue weighted by Crippen LogP contribution is 2.50. The van der Waals surface area contributed by atoms with E-state index in [1.165, 1.54) is 4.68 Å². The molecule has 2 fully saturated rings. The number of nitrogens with one attached hydrogen (secondary N) is 1. The van der Waals surface area contributed by atoms with E-state index in [0.717, 1.165) is 0 Å². The molecule has 4 nitrogen and oxygen atoms in total. The van der Waals surface area contributed by atoms with Crippen LogP contribution in [0.25, 0.3) is 0 Å². The minimum atomic E-state index is -2.99. The summed E-state index contributed by atoms with van der Waals surface area (Å²) in [5.74, 6) is -7.99. The standard InChI is InChI=1S/C20H23F4N3O/c1-4-5-6-7-12(2)11-27-17(25-18(28)15-10-20(15,23)24)13(3)16(26-27)14-8-19(21,22)9-14/h4-7,14-15H,2,8-11H2,1,3H3,(H,25,28)/b5-4-,7-6-/t15-/m1/s1. The Morgan fingerprint density at radius 3 is 2.46 bits per heavy atom. The van der Waals surface area contributed by atoms with Crippen LogP contribution >= 0.6 is 0 Å². The fourth-order valence-corrected chi connectivity index (χ4v) is 3.33. The van der Waals surface area contributed by atoms with Gasteiger partial charge in [-0.3, -0.25) is 4.79 Å². The zero-order chi connectivity index (χ0) is 20.7. The van der Waals surface area contributed by atoms with E-state index < -0.39 is 36.0 Å². The second-order valence-electron chi connectivity index (χ2n) is 7.53. The van der Waals surface area contributed by atoms with Crippen molar-refractivity contribution < 1.29 is 22.4 Å². The third-order valence-corrected chi connectivity index (χ3v) is 5.08. The first-order valence-electron chi connectivity index (χ1n) is 9.15. The number of anilines is 1. The highest BCUT2D eigenvalue weighted by atomic mass is 19.3. The average Bonchev–Trinajstić information content (AvgIpc) is 3.12. The molecule has 0 spiro atoms. The van der Waals surface area contributed by atoms with Crippen molar-refractivity contribution in [1.82, 2.24) is 9.78 Å². The molecule has 1 atom stereocenters. The number of carbonyl (C=O) groups excluding carboxylic acids is 1. The van der Waals surface area contributed by atoms with Gasteiger partial charge >= 0.3 is 0 Å². The Morgan fingerprint density at radius 1 is 1.29 bits per heavy atom. The first kappa shape index (κ1) is 20.4. The van der Waals surface area contributed by atoms with E-state index >= 15 is 0 Å². The monoisotopic (exact) mass is 397 g/mol. The minimum absolute atomic E-state index is 0.203. The average molecular weight is 397 g/mol. The molecule has 1 aromatic heterocycles. The normalized spacial score (nSPS) is 23.1. The smallest absolute Gasteiger partial charge is 0.260 e. The Balaban J connectivity index is 1.83. The zero-order valence-electron chi connectivity index (χ0n) is 15.8. The van der Waals surface area contributed by atoms with E-state index in [2.05, 4.69) is 17.0 Å². The van der Waals surface area contributed by atoms with Crippen LogP contribution < -0.4 is 5.32 Å². The van der Waals surface area contributed by atoms with Crippen LogP contribution in [0.15, 0.2) is 36.5 Å². The number of aromatic nitrogens is 2. The first-order valence-corrected chi connectivity index (χ1v) is 9.15. The topological polar surface area (TPSA) is 46.9 Å². The van der Waals surface area contributed by atoms with Crippen molar-refractivity contribution in [3.8, 4) is 0 Å². The van der Waals surface area contributed by atoms with Crippen molar-refractivity contribution in [2.24, 2.45) is 5.92 Å². The number of nitrogens with zero attached hydrogens (tertiary/aromatic N) is 2. The molecule has 1 aromatic rings. The molecule has 1 heterocycles. The number of amides is 1. The summed E-state index contributed by atoms with van der Waals surface area (Å²) in [5.41, 5.74) is 1.66. The third-order valence-electron chi connectivity index (χ3n) is 5.08. The predicted octanol–water partition coefficient (Wildman–Crippen LogP) is 4.99. The van der Waals surface area contributed by atoms with Gasteiger partial charge in [-0.2, -0.15) is 5.10 Å². The molecule has 2 aliphatic carbocycles. The van der Waals surface area contributed by atoms with Crippen LogP contribution in [0.5, 0.6) is 0 Å². The SMILES string of the molecule is C=C(/C=C\C=C/C)Cn1nc(C2CC(F)(F)C2)c(C)c1NC(=O)[C@H]1CC1(F)F. The van der Waals surface area contributed by atoms with E-state index in [0.29, 0.717) is 16.8 Å². The Kier molecular flexibility index (Phi) is 5.25. The van der Waals surface area contributed by atoms with Crippen LogP contribution in [0, 0.1) is 12.8 Å². The Labute approximate surface area is 161 Å². The molecule has 0 radical (unpaired) electrons. The molecule has 1 N–H and O–H groups in total. The lowest BCUT2D eigenvalue weighted by atomic mass is 9.78. The summed E-state index contributed by atoms with van der Waals surface area (Å²) in [6.45, 7) is 7.65. The van der Waals surface area contributed by atoms with Gasteiger partial charge in [-0.05, 0) is 19.4 Å². The molecule has 0 bridgehead atoms. The Hall–Kier alpha value is -2.38. The molecule has 2 aliphatic rings. The lowest BCUT2D eigenvalue weighted by Crippen LogP contribution is -2.34. The van der Waals surface area contributed by atoms with Crippen LogP contribution in [-0.2, 0) is 11.3 Å². The van der Waals surface area contributed by atoms with Crippen LogP contribution in [0.4, 0.5) is 23.4 Å². The summed E-state index contributed by atoms with van der Waals surface area (Å²) in [5, 5.41) is 6.93. The second kappa shape index (κ2) is 7.22. The van der Waals surface area contributed by atoms with Crippen LogP contribution in [0.1, 0.15) is 43.4 Å². The van der Waals surface area contributed by atoms with Gasteiger partial charge in [-0.15, -0.1) is 0 Å². The molecular formula is C20H23F4N3O. The van der Waals surface area contributed by atoms with Crippen molar-refractivity contribution in [3.63, 3.8) is 0 Å². The molecule has 152 valence electrons. The van der Waals surface area contributed by atoms with Gasteiger partial charge in [0.15, 0.2) is 0 Å². The van der Waals surface area contributed by atoms with E-state index in [9.17, 15) is 22.4 Å². The van der Waals surface area contributed by atoms with Crippen molar-refractivity contribution >= 4 is 11.7 Å². The van der Waals surface area contributed by atoms with Crippen LogP contribution in [-0.4, -0.2) is 27.5 Å². The van der Waals surface area contributed by atoms with E-state index in [1.807, 2.05) is 19.1 Å². The molecule has 1 amide bonds. The van der Waals surface area contributed by atoms with Gasteiger partial charge in [-0.1, -0.05) is 30.9 Å². The number of rotatable bonds is 7. The van der Waals surface area contributed by atoms with Gasteiger partial charge in [0.2, 0.25) is 11.8 Å². The molecule has 0 aromatic carbocycles. The van der Waals surface area contributed by atoms with Gasteiger partial charge in [-0.25, -0.2) is 22.2 Å².